The highest BCUT2D eigenvalue weighted by Crippen LogP contribution is 2.29. The zero-order chi connectivity index (χ0) is 16.1. The summed E-state index contributed by atoms with van der Waals surface area (Å²) < 4.78 is 5.90. The molecule has 0 saturated heterocycles. The Kier molecular flexibility index (Phi) is 5.98. The van der Waals surface area contributed by atoms with E-state index in [1.165, 1.54) is 5.56 Å². The minimum absolute atomic E-state index is 0.0138. The number of benzene rings is 2. The van der Waals surface area contributed by atoms with E-state index in [0.717, 1.165) is 11.4 Å². The van der Waals surface area contributed by atoms with Crippen molar-refractivity contribution in [3.05, 3.63) is 58.1 Å². The van der Waals surface area contributed by atoms with E-state index in [1.807, 2.05) is 31.2 Å². The number of hydrogen-bond acceptors (Lipinski definition) is 2. The summed E-state index contributed by atoms with van der Waals surface area (Å²) >= 11 is 12.1. The van der Waals surface area contributed by atoms with Crippen LogP contribution in [0.2, 0.25) is 10.0 Å². The Hall–Kier alpha value is -1.38. The number of hydrogen-bond donors (Lipinski definition) is 1. The quantitative estimate of drug-likeness (QED) is 0.698. The molecule has 4 heteroatoms. The van der Waals surface area contributed by atoms with Gasteiger partial charge in [0.1, 0.15) is 11.9 Å². The summed E-state index contributed by atoms with van der Waals surface area (Å²) in [7, 11) is 0. The molecule has 0 fully saturated rings. The van der Waals surface area contributed by atoms with Gasteiger partial charge in [-0.15, -0.1) is 0 Å². The highest BCUT2D eigenvalue weighted by molar-refractivity contribution is 6.43. The summed E-state index contributed by atoms with van der Waals surface area (Å²) in [5.74, 6) is 1.40. The monoisotopic (exact) mass is 337 g/mol. The lowest BCUT2D eigenvalue weighted by molar-refractivity contribution is 0.234. The molecule has 2 aromatic carbocycles. The zero-order valence-electron chi connectivity index (χ0n) is 13.1. The molecule has 2 rings (SSSR count). The maximum absolute atomic E-state index is 6.15. The molecule has 118 valence electrons. The molecule has 22 heavy (non-hydrogen) atoms. The maximum atomic E-state index is 6.15. The first-order chi connectivity index (χ1) is 10.5. The predicted molar refractivity (Wildman–Crippen MR) is 95.6 cm³/mol. The second-order valence-electron chi connectivity index (χ2n) is 5.63. The molecule has 0 radical (unpaired) electrons. The third-order valence-electron chi connectivity index (χ3n) is 3.42. The van der Waals surface area contributed by atoms with Crippen LogP contribution in [-0.2, 0) is 0 Å². The highest BCUT2D eigenvalue weighted by atomic mass is 35.5. The van der Waals surface area contributed by atoms with Crippen LogP contribution in [0, 0.1) is 0 Å². The molecule has 2 nitrogen and oxygen atoms in total. The molecular weight excluding hydrogens is 317 g/mol. The summed E-state index contributed by atoms with van der Waals surface area (Å²) in [5.41, 5.74) is 2.13. The Labute approximate surface area is 142 Å². The van der Waals surface area contributed by atoms with Crippen molar-refractivity contribution in [1.82, 2.24) is 0 Å². The molecular formula is C18H21Cl2NO. The molecule has 1 atom stereocenters. The lowest BCUT2D eigenvalue weighted by Crippen LogP contribution is -2.22. The Morgan fingerprint density at radius 3 is 2.32 bits per heavy atom. The molecule has 0 aliphatic carbocycles. The molecule has 0 heterocycles. The van der Waals surface area contributed by atoms with Crippen LogP contribution in [-0.4, -0.2) is 12.6 Å². The van der Waals surface area contributed by atoms with Crippen molar-refractivity contribution < 1.29 is 4.74 Å². The van der Waals surface area contributed by atoms with E-state index >= 15 is 0 Å². The zero-order valence-corrected chi connectivity index (χ0v) is 14.6. The van der Waals surface area contributed by atoms with Gasteiger partial charge in [-0.05, 0) is 42.7 Å². The average molecular weight is 338 g/mol. The Balaban J connectivity index is 1.90. The van der Waals surface area contributed by atoms with Gasteiger partial charge in [0.2, 0.25) is 0 Å². The van der Waals surface area contributed by atoms with Gasteiger partial charge in [-0.25, -0.2) is 0 Å². The van der Waals surface area contributed by atoms with Crippen molar-refractivity contribution in [3.8, 4) is 5.75 Å². The largest absolute Gasteiger partial charge is 0.489 e. The molecule has 0 aliphatic heterocycles. The molecule has 1 N–H and O–H groups in total. The van der Waals surface area contributed by atoms with Gasteiger partial charge in [0.05, 0.1) is 22.3 Å². The van der Waals surface area contributed by atoms with E-state index in [4.69, 9.17) is 27.9 Å². The van der Waals surface area contributed by atoms with Crippen molar-refractivity contribution in [1.29, 1.82) is 0 Å². The Bertz CT molecular complexity index is 611. The Morgan fingerprint density at radius 2 is 1.68 bits per heavy atom. The summed E-state index contributed by atoms with van der Waals surface area (Å²) in [6.07, 6.45) is 0.0138. The molecule has 2 aromatic rings. The van der Waals surface area contributed by atoms with Crippen molar-refractivity contribution in [2.24, 2.45) is 0 Å². The van der Waals surface area contributed by atoms with E-state index in [-0.39, 0.29) is 6.10 Å². The molecule has 0 spiro atoms. The second kappa shape index (κ2) is 7.75. The molecule has 0 aliphatic rings. The van der Waals surface area contributed by atoms with Crippen LogP contribution in [0.1, 0.15) is 32.3 Å². The van der Waals surface area contributed by atoms with Gasteiger partial charge in [-0.1, -0.05) is 55.2 Å². The molecule has 1 unspecified atom stereocenters. The maximum Gasteiger partial charge on any atom is 0.119 e. The number of ether oxygens (including phenoxy) is 1. The van der Waals surface area contributed by atoms with Crippen LogP contribution in [0.15, 0.2) is 42.5 Å². The lowest BCUT2D eigenvalue weighted by atomic mass is 10.0. The number of nitrogens with one attached hydrogen (secondary N) is 1. The first-order valence-electron chi connectivity index (χ1n) is 7.42. The van der Waals surface area contributed by atoms with E-state index in [2.05, 4.69) is 31.3 Å². The van der Waals surface area contributed by atoms with E-state index < -0.39 is 0 Å². The van der Waals surface area contributed by atoms with Crippen LogP contribution in [0.25, 0.3) is 0 Å². The lowest BCUT2D eigenvalue weighted by Gasteiger charge is -2.17. The van der Waals surface area contributed by atoms with Crippen LogP contribution in [0.5, 0.6) is 5.75 Å². The van der Waals surface area contributed by atoms with Crippen molar-refractivity contribution in [2.45, 2.75) is 32.8 Å². The SMILES string of the molecule is CC(CNc1cccc(Cl)c1Cl)Oc1ccc(C(C)C)cc1. The van der Waals surface area contributed by atoms with Gasteiger partial charge in [-0.3, -0.25) is 0 Å². The predicted octanol–water partition coefficient (Wildman–Crippen LogP) is 6.00. The molecule has 0 saturated carbocycles. The smallest absolute Gasteiger partial charge is 0.119 e. The first kappa shape index (κ1) is 17.0. The van der Waals surface area contributed by atoms with Crippen molar-refractivity contribution in [3.63, 3.8) is 0 Å². The van der Waals surface area contributed by atoms with E-state index in [0.29, 0.717) is 22.5 Å². The van der Waals surface area contributed by atoms with E-state index in [9.17, 15) is 0 Å². The van der Waals surface area contributed by atoms with Gasteiger partial charge in [-0.2, -0.15) is 0 Å². The standard InChI is InChI=1S/C18H21Cl2NO/c1-12(2)14-7-9-15(10-8-14)22-13(3)11-21-17-6-4-5-16(19)18(17)20/h4-10,12-13,21H,11H2,1-3H3. The molecule has 0 bridgehead atoms. The van der Waals surface area contributed by atoms with Crippen LogP contribution in [0.4, 0.5) is 5.69 Å². The van der Waals surface area contributed by atoms with Gasteiger partial charge >= 0.3 is 0 Å². The van der Waals surface area contributed by atoms with Crippen molar-refractivity contribution in [2.75, 3.05) is 11.9 Å². The fourth-order valence-electron chi connectivity index (χ4n) is 2.10. The third kappa shape index (κ3) is 4.56. The fraction of sp³-hybridized carbons (Fsp3) is 0.333. The fourth-order valence-corrected chi connectivity index (χ4v) is 2.47. The van der Waals surface area contributed by atoms with Crippen molar-refractivity contribution >= 4 is 28.9 Å². The van der Waals surface area contributed by atoms with Crippen LogP contribution in [0.3, 0.4) is 0 Å². The first-order valence-corrected chi connectivity index (χ1v) is 8.17. The normalized spacial score (nSPS) is 12.3. The average Bonchev–Trinajstić information content (AvgIpc) is 2.49. The number of halogens is 2. The Morgan fingerprint density at radius 1 is 1.00 bits per heavy atom. The van der Waals surface area contributed by atoms with Gasteiger partial charge in [0.15, 0.2) is 0 Å². The van der Waals surface area contributed by atoms with Gasteiger partial charge in [0.25, 0.3) is 0 Å². The molecule has 0 amide bonds. The summed E-state index contributed by atoms with van der Waals surface area (Å²) in [5, 5.41) is 4.35. The summed E-state index contributed by atoms with van der Waals surface area (Å²) in [6, 6.07) is 13.8. The number of rotatable bonds is 6. The van der Waals surface area contributed by atoms with Gasteiger partial charge < -0.3 is 10.1 Å². The minimum Gasteiger partial charge on any atom is -0.489 e. The summed E-state index contributed by atoms with van der Waals surface area (Å²) in [6.45, 7) is 7.02. The second-order valence-corrected chi connectivity index (χ2v) is 6.42. The number of anilines is 1. The third-order valence-corrected chi connectivity index (χ3v) is 4.23. The van der Waals surface area contributed by atoms with E-state index in [1.54, 1.807) is 6.07 Å². The molecule has 0 aromatic heterocycles. The topological polar surface area (TPSA) is 21.3 Å². The van der Waals surface area contributed by atoms with Gasteiger partial charge in [0, 0.05) is 0 Å². The highest BCUT2D eigenvalue weighted by Gasteiger charge is 2.08. The van der Waals surface area contributed by atoms with Crippen LogP contribution < -0.4 is 10.1 Å². The van der Waals surface area contributed by atoms with Crippen LogP contribution >= 0.6 is 23.2 Å². The summed E-state index contributed by atoms with van der Waals surface area (Å²) in [4.78, 5) is 0. The minimum atomic E-state index is 0.0138.